The van der Waals surface area contributed by atoms with E-state index in [2.05, 4.69) is 0 Å². The molecule has 1 aliphatic rings. The standard InChI is InChI=1S/C15H19NO5S/c1-10-5-6-12(22(2,20)21)9-13(10)15(19)16-7-3-4-11(16)8-14(17)18/h5-6,9,11H,3-4,7-8H2,1-2H3,(H,17,18). The number of aryl methyl sites for hydroxylation is 1. The molecule has 1 heterocycles. The van der Waals surface area contributed by atoms with Crippen LogP contribution in [0, 0.1) is 6.92 Å². The van der Waals surface area contributed by atoms with Crippen molar-refractivity contribution in [3.63, 3.8) is 0 Å². The first kappa shape index (κ1) is 16.5. The van der Waals surface area contributed by atoms with Gasteiger partial charge in [-0.1, -0.05) is 6.07 Å². The SMILES string of the molecule is Cc1ccc(S(C)(=O)=O)cc1C(=O)N1CCCC1CC(=O)O. The molecule has 1 aromatic rings. The number of carboxylic acid groups (broad SMARTS) is 1. The zero-order valence-electron chi connectivity index (χ0n) is 12.6. The molecule has 1 fully saturated rings. The van der Waals surface area contributed by atoms with Crippen molar-refractivity contribution >= 4 is 21.7 Å². The lowest BCUT2D eigenvalue weighted by atomic mass is 10.1. The monoisotopic (exact) mass is 325 g/mol. The van der Waals surface area contributed by atoms with Crippen molar-refractivity contribution in [2.45, 2.75) is 37.1 Å². The highest BCUT2D eigenvalue weighted by molar-refractivity contribution is 7.90. The van der Waals surface area contributed by atoms with E-state index in [-0.39, 0.29) is 23.3 Å². The first-order valence-electron chi connectivity index (χ1n) is 7.03. The maximum absolute atomic E-state index is 12.7. The lowest BCUT2D eigenvalue weighted by molar-refractivity contribution is -0.137. The summed E-state index contributed by atoms with van der Waals surface area (Å²) in [4.78, 5) is 25.2. The molecule has 1 unspecified atom stereocenters. The number of hydrogen-bond acceptors (Lipinski definition) is 4. The van der Waals surface area contributed by atoms with E-state index in [1.807, 2.05) is 0 Å². The molecule has 1 atom stereocenters. The third kappa shape index (κ3) is 3.47. The van der Waals surface area contributed by atoms with Gasteiger partial charge in [0.25, 0.3) is 5.91 Å². The Morgan fingerprint density at radius 2 is 2.05 bits per heavy atom. The highest BCUT2D eigenvalue weighted by atomic mass is 32.2. The summed E-state index contributed by atoms with van der Waals surface area (Å²) in [7, 11) is -3.40. The lowest BCUT2D eigenvalue weighted by Gasteiger charge is -2.24. The number of rotatable bonds is 4. The summed E-state index contributed by atoms with van der Waals surface area (Å²) in [5.41, 5.74) is 0.999. The second-order valence-corrected chi connectivity index (χ2v) is 7.66. The van der Waals surface area contributed by atoms with Gasteiger partial charge in [0, 0.05) is 24.4 Å². The van der Waals surface area contributed by atoms with E-state index in [1.54, 1.807) is 17.9 Å². The number of hydrogen-bond donors (Lipinski definition) is 1. The molecule has 1 aliphatic heterocycles. The second-order valence-electron chi connectivity index (χ2n) is 5.64. The minimum absolute atomic E-state index is 0.0868. The average Bonchev–Trinajstić information content (AvgIpc) is 2.84. The van der Waals surface area contributed by atoms with Gasteiger partial charge in [0.1, 0.15) is 0 Å². The predicted octanol–water partition coefficient (Wildman–Crippen LogP) is 1.48. The number of carboxylic acids is 1. The molecule has 0 spiro atoms. The number of carbonyl (C=O) groups is 2. The average molecular weight is 325 g/mol. The van der Waals surface area contributed by atoms with Gasteiger partial charge in [-0.15, -0.1) is 0 Å². The van der Waals surface area contributed by atoms with Crippen LogP contribution in [0.25, 0.3) is 0 Å². The lowest BCUT2D eigenvalue weighted by Crippen LogP contribution is -2.37. The number of carbonyl (C=O) groups excluding carboxylic acids is 1. The van der Waals surface area contributed by atoms with E-state index in [4.69, 9.17) is 5.11 Å². The summed E-state index contributed by atoms with van der Waals surface area (Å²) < 4.78 is 23.3. The van der Waals surface area contributed by atoms with Gasteiger partial charge in [-0.25, -0.2) is 8.42 Å². The Kier molecular flexibility index (Phi) is 4.55. The fourth-order valence-corrected chi connectivity index (χ4v) is 3.38. The molecule has 0 aromatic heterocycles. The van der Waals surface area contributed by atoms with Crippen molar-refractivity contribution in [2.24, 2.45) is 0 Å². The molecule has 0 bridgehead atoms. The Hall–Kier alpha value is -1.89. The van der Waals surface area contributed by atoms with Crippen LogP contribution in [-0.4, -0.2) is 49.1 Å². The molecule has 1 N–H and O–H groups in total. The Balaban J connectivity index is 2.34. The van der Waals surface area contributed by atoms with Gasteiger partial charge >= 0.3 is 5.97 Å². The molecular formula is C15H19NO5S. The van der Waals surface area contributed by atoms with Gasteiger partial charge in [-0.2, -0.15) is 0 Å². The van der Waals surface area contributed by atoms with Crippen molar-refractivity contribution in [1.82, 2.24) is 4.90 Å². The zero-order valence-corrected chi connectivity index (χ0v) is 13.4. The highest BCUT2D eigenvalue weighted by Gasteiger charge is 2.31. The maximum atomic E-state index is 12.7. The molecule has 0 saturated carbocycles. The first-order valence-corrected chi connectivity index (χ1v) is 8.93. The van der Waals surface area contributed by atoms with Crippen molar-refractivity contribution in [2.75, 3.05) is 12.8 Å². The number of nitrogens with zero attached hydrogens (tertiary/aromatic N) is 1. The van der Waals surface area contributed by atoms with Gasteiger partial charge in [0.2, 0.25) is 0 Å². The van der Waals surface area contributed by atoms with Crippen molar-refractivity contribution < 1.29 is 23.1 Å². The van der Waals surface area contributed by atoms with E-state index in [0.717, 1.165) is 12.7 Å². The third-order valence-corrected chi connectivity index (χ3v) is 5.03. The summed E-state index contributed by atoms with van der Waals surface area (Å²) in [6, 6.07) is 4.13. The van der Waals surface area contributed by atoms with Gasteiger partial charge < -0.3 is 10.0 Å². The molecule has 120 valence electrons. The van der Waals surface area contributed by atoms with Crippen LogP contribution in [0.2, 0.25) is 0 Å². The number of amides is 1. The number of benzene rings is 1. The van der Waals surface area contributed by atoms with E-state index >= 15 is 0 Å². The van der Waals surface area contributed by atoms with Crippen LogP contribution in [0.5, 0.6) is 0 Å². The van der Waals surface area contributed by atoms with Crippen LogP contribution < -0.4 is 0 Å². The van der Waals surface area contributed by atoms with Gasteiger partial charge in [0.05, 0.1) is 11.3 Å². The van der Waals surface area contributed by atoms with E-state index < -0.39 is 15.8 Å². The summed E-state index contributed by atoms with van der Waals surface area (Å²) in [5, 5.41) is 8.93. The van der Waals surface area contributed by atoms with Crippen molar-refractivity contribution in [1.29, 1.82) is 0 Å². The zero-order chi connectivity index (χ0) is 16.5. The Morgan fingerprint density at radius 1 is 1.36 bits per heavy atom. The topological polar surface area (TPSA) is 91.8 Å². The third-order valence-electron chi connectivity index (χ3n) is 3.92. The summed E-state index contributed by atoms with van der Waals surface area (Å²) in [6.07, 6.45) is 2.42. The van der Waals surface area contributed by atoms with E-state index in [0.29, 0.717) is 24.1 Å². The Morgan fingerprint density at radius 3 is 2.64 bits per heavy atom. The molecule has 2 rings (SSSR count). The molecule has 1 amide bonds. The highest BCUT2D eigenvalue weighted by Crippen LogP contribution is 2.25. The summed E-state index contributed by atoms with van der Waals surface area (Å²) >= 11 is 0. The van der Waals surface area contributed by atoms with Crippen LogP contribution >= 0.6 is 0 Å². The molecular weight excluding hydrogens is 306 g/mol. The quantitative estimate of drug-likeness (QED) is 0.905. The number of likely N-dealkylation sites (tertiary alicyclic amines) is 1. The van der Waals surface area contributed by atoms with Gasteiger partial charge in [-0.05, 0) is 37.5 Å². The molecule has 22 heavy (non-hydrogen) atoms. The second kappa shape index (κ2) is 6.08. The molecule has 6 nitrogen and oxygen atoms in total. The summed E-state index contributed by atoms with van der Waals surface area (Å²) in [6.45, 7) is 2.24. The van der Waals surface area contributed by atoms with E-state index in [9.17, 15) is 18.0 Å². The van der Waals surface area contributed by atoms with Crippen LogP contribution in [0.15, 0.2) is 23.1 Å². The largest absolute Gasteiger partial charge is 0.481 e. The normalized spacial score (nSPS) is 18.5. The molecule has 0 radical (unpaired) electrons. The number of aliphatic carboxylic acids is 1. The first-order chi connectivity index (χ1) is 10.2. The van der Waals surface area contributed by atoms with Crippen molar-refractivity contribution in [3.05, 3.63) is 29.3 Å². The number of sulfone groups is 1. The summed E-state index contributed by atoms with van der Waals surface area (Å²) in [5.74, 6) is -1.24. The fourth-order valence-electron chi connectivity index (χ4n) is 2.73. The van der Waals surface area contributed by atoms with E-state index in [1.165, 1.54) is 12.1 Å². The minimum atomic E-state index is -3.40. The Bertz CT molecular complexity index is 711. The predicted molar refractivity (Wildman–Crippen MR) is 80.6 cm³/mol. The molecule has 0 aliphatic carbocycles. The Labute approximate surface area is 129 Å². The van der Waals surface area contributed by atoms with Gasteiger partial charge in [-0.3, -0.25) is 9.59 Å². The molecule has 7 heteroatoms. The van der Waals surface area contributed by atoms with Gasteiger partial charge in [0.15, 0.2) is 9.84 Å². The minimum Gasteiger partial charge on any atom is -0.481 e. The van der Waals surface area contributed by atoms with Crippen LogP contribution in [0.4, 0.5) is 0 Å². The van der Waals surface area contributed by atoms with Crippen LogP contribution in [-0.2, 0) is 14.6 Å². The van der Waals surface area contributed by atoms with Crippen LogP contribution in [0.1, 0.15) is 35.2 Å². The maximum Gasteiger partial charge on any atom is 0.305 e. The van der Waals surface area contributed by atoms with Crippen LogP contribution in [0.3, 0.4) is 0 Å². The molecule has 1 aromatic carbocycles. The molecule has 1 saturated heterocycles. The van der Waals surface area contributed by atoms with Crippen molar-refractivity contribution in [3.8, 4) is 0 Å². The fraction of sp³-hybridized carbons (Fsp3) is 0.467. The smallest absolute Gasteiger partial charge is 0.305 e.